The summed E-state index contributed by atoms with van der Waals surface area (Å²) in [5.41, 5.74) is 7.03. The summed E-state index contributed by atoms with van der Waals surface area (Å²) in [6.45, 7) is 4.42. The molecule has 148 valence electrons. The fourth-order valence-electron chi connectivity index (χ4n) is 3.61. The Kier molecular flexibility index (Phi) is 5.14. The molecule has 1 fully saturated rings. The summed E-state index contributed by atoms with van der Waals surface area (Å²) in [6, 6.07) is 1.50. The number of benzene rings is 1. The number of carbonyl (C=O) groups is 2. The van der Waals surface area contributed by atoms with Gasteiger partial charge in [0.2, 0.25) is 0 Å². The Morgan fingerprint density at radius 3 is 2.81 bits per heavy atom. The van der Waals surface area contributed by atoms with E-state index in [9.17, 15) is 14.7 Å². The van der Waals surface area contributed by atoms with Crippen LogP contribution in [0.5, 0.6) is 5.75 Å². The number of amides is 2. The number of ether oxygens (including phenoxy) is 1. The topological polar surface area (TPSA) is 125 Å². The third-order valence-corrected chi connectivity index (χ3v) is 5.43. The maximum absolute atomic E-state index is 12.7. The van der Waals surface area contributed by atoms with Crippen LogP contribution in [-0.2, 0) is 6.42 Å². The summed E-state index contributed by atoms with van der Waals surface area (Å²) in [4.78, 5) is 24.9. The van der Waals surface area contributed by atoms with Crippen molar-refractivity contribution in [2.24, 2.45) is 5.92 Å². The molecule has 27 heavy (non-hydrogen) atoms. The van der Waals surface area contributed by atoms with Gasteiger partial charge in [-0.25, -0.2) is 4.79 Å². The van der Waals surface area contributed by atoms with Crippen molar-refractivity contribution >= 4 is 29.3 Å². The molecule has 5 N–H and O–H groups in total. The summed E-state index contributed by atoms with van der Waals surface area (Å²) in [7, 11) is 0. The highest BCUT2D eigenvalue weighted by Gasteiger charge is 2.36. The first-order valence-electron chi connectivity index (χ1n) is 8.83. The Morgan fingerprint density at radius 1 is 1.48 bits per heavy atom. The Balaban J connectivity index is 1.71. The van der Waals surface area contributed by atoms with Gasteiger partial charge in [-0.15, -0.1) is 0 Å². The van der Waals surface area contributed by atoms with Crippen LogP contribution in [0.15, 0.2) is 6.07 Å². The SMILES string of the molecule is CC1(C)Cc2c(N)c(Cl)cc(C(=O)NC[C@H]3CCN(C(=O)O)C[C@@H]3O)c2O1. The van der Waals surface area contributed by atoms with Crippen molar-refractivity contribution in [3.8, 4) is 5.75 Å². The van der Waals surface area contributed by atoms with E-state index in [2.05, 4.69) is 5.32 Å². The third-order valence-electron chi connectivity index (χ3n) is 5.11. The van der Waals surface area contributed by atoms with Crippen molar-refractivity contribution in [2.75, 3.05) is 25.4 Å². The first kappa shape index (κ1) is 19.6. The number of nitrogens with zero attached hydrogens (tertiary/aromatic N) is 1. The number of piperidine rings is 1. The Hall–Kier alpha value is -2.19. The smallest absolute Gasteiger partial charge is 0.407 e. The van der Waals surface area contributed by atoms with E-state index in [0.717, 1.165) is 5.56 Å². The maximum Gasteiger partial charge on any atom is 0.407 e. The van der Waals surface area contributed by atoms with Crippen LogP contribution < -0.4 is 15.8 Å². The number of fused-ring (bicyclic) bond motifs is 1. The second kappa shape index (κ2) is 7.09. The van der Waals surface area contributed by atoms with Crippen LogP contribution in [0.4, 0.5) is 10.5 Å². The first-order valence-corrected chi connectivity index (χ1v) is 9.21. The number of nitrogens with one attached hydrogen (secondary N) is 1. The fraction of sp³-hybridized carbons (Fsp3) is 0.556. The molecule has 2 aliphatic heterocycles. The quantitative estimate of drug-likeness (QED) is 0.575. The van der Waals surface area contributed by atoms with Crippen LogP contribution in [-0.4, -0.2) is 58.5 Å². The molecule has 0 radical (unpaired) electrons. The van der Waals surface area contributed by atoms with Gasteiger partial charge in [0.15, 0.2) is 0 Å². The average Bonchev–Trinajstić information content (AvgIpc) is 2.92. The molecule has 0 spiro atoms. The lowest BCUT2D eigenvalue weighted by Gasteiger charge is -2.34. The summed E-state index contributed by atoms with van der Waals surface area (Å²) in [6.07, 6.45) is -0.853. The molecule has 2 heterocycles. The highest BCUT2D eigenvalue weighted by atomic mass is 35.5. The molecule has 0 unspecified atom stereocenters. The minimum absolute atomic E-state index is 0.0380. The fourth-order valence-corrected chi connectivity index (χ4v) is 3.83. The Bertz CT molecular complexity index is 783. The van der Waals surface area contributed by atoms with Crippen molar-refractivity contribution in [3.05, 3.63) is 22.2 Å². The van der Waals surface area contributed by atoms with Gasteiger partial charge < -0.3 is 30.9 Å². The number of carboxylic acid groups (broad SMARTS) is 1. The molecule has 0 saturated carbocycles. The van der Waals surface area contributed by atoms with Crippen LogP contribution in [0.1, 0.15) is 36.2 Å². The van der Waals surface area contributed by atoms with E-state index in [1.54, 1.807) is 0 Å². The third kappa shape index (κ3) is 3.91. The van der Waals surface area contributed by atoms with Crippen molar-refractivity contribution in [2.45, 2.75) is 38.4 Å². The number of β-amino-alcohol motifs (C(OH)–C–C–N with tert-alkyl or cyclic N) is 1. The number of hydrogen-bond donors (Lipinski definition) is 4. The van der Waals surface area contributed by atoms with Crippen molar-refractivity contribution < 1.29 is 24.5 Å². The lowest BCUT2D eigenvalue weighted by Crippen LogP contribution is -2.49. The van der Waals surface area contributed by atoms with Gasteiger partial charge in [-0.3, -0.25) is 4.79 Å². The highest BCUT2D eigenvalue weighted by molar-refractivity contribution is 6.33. The normalized spacial score (nSPS) is 23.5. The molecule has 1 aromatic carbocycles. The average molecular weight is 398 g/mol. The van der Waals surface area contributed by atoms with E-state index in [0.29, 0.717) is 41.4 Å². The predicted octanol–water partition coefficient (Wildman–Crippen LogP) is 1.73. The van der Waals surface area contributed by atoms with Crippen LogP contribution >= 0.6 is 11.6 Å². The van der Waals surface area contributed by atoms with Gasteiger partial charge in [0.05, 0.1) is 28.9 Å². The van der Waals surface area contributed by atoms with E-state index in [-0.39, 0.29) is 24.9 Å². The minimum Gasteiger partial charge on any atom is -0.486 e. The minimum atomic E-state index is -1.05. The second-order valence-electron chi connectivity index (χ2n) is 7.72. The molecule has 8 nitrogen and oxygen atoms in total. The van der Waals surface area contributed by atoms with Gasteiger partial charge in [-0.2, -0.15) is 0 Å². The van der Waals surface area contributed by atoms with E-state index in [4.69, 9.17) is 27.2 Å². The molecule has 0 aliphatic carbocycles. The molecule has 1 saturated heterocycles. The standard InChI is InChI=1S/C18H24ClN3O5/c1-18(2)6-11-14(20)12(19)5-10(15(11)27-18)16(24)21-7-9-3-4-22(17(25)26)8-13(9)23/h5,9,13,23H,3-4,6-8,20H2,1-2H3,(H,21,24)(H,25,26)/t9-,13+/m1/s1. The number of aliphatic hydroxyl groups is 1. The Labute approximate surface area is 162 Å². The predicted molar refractivity (Wildman–Crippen MR) is 100 cm³/mol. The molecule has 2 aliphatic rings. The lowest BCUT2D eigenvalue weighted by molar-refractivity contribution is 0.0248. The number of anilines is 1. The molecule has 2 atom stereocenters. The largest absolute Gasteiger partial charge is 0.486 e. The van der Waals surface area contributed by atoms with Crippen molar-refractivity contribution in [3.63, 3.8) is 0 Å². The number of aliphatic hydroxyl groups excluding tert-OH is 1. The van der Waals surface area contributed by atoms with Gasteiger partial charge in [0.1, 0.15) is 11.4 Å². The number of halogens is 1. The maximum atomic E-state index is 12.7. The van der Waals surface area contributed by atoms with Crippen molar-refractivity contribution in [1.82, 2.24) is 10.2 Å². The van der Waals surface area contributed by atoms with Crippen LogP contribution in [0.3, 0.4) is 0 Å². The number of carbonyl (C=O) groups excluding carboxylic acids is 1. The van der Waals surface area contributed by atoms with Gasteiger partial charge in [0.25, 0.3) is 5.91 Å². The molecule has 2 amide bonds. The summed E-state index contributed by atoms with van der Waals surface area (Å²) in [5.74, 6) is -0.140. The zero-order valence-electron chi connectivity index (χ0n) is 15.3. The van der Waals surface area contributed by atoms with E-state index >= 15 is 0 Å². The van der Waals surface area contributed by atoms with E-state index < -0.39 is 17.8 Å². The second-order valence-corrected chi connectivity index (χ2v) is 8.13. The van der Waals surface area contributed by atoms with Crippen LogP contribution in [0.25, 0.3) is 0 Å². The molecule has 0 aromatic heterocycles. The summed E-state index contributed by atoms with van der Waals surface area (Å²) >= 11 is 6.19. The van der Waals surface area contributed by atoms with E-state index in [1.165, 1.54) is 11.0 Å². The first-order chi connectivity index (χ1) is 12.6. The van der Waals surface area contributed by atoms with Gasteiger partial charge in [-0.1, -0.05) is 11.6 Å². The number of rotatable bonds is 3. The molecule has 9 heteroatoms. The molecule has 3 rings (SSSR count). The van der Waals surface area contributed by atoms with Crippen molar-refractivity contribution in [1.29, 1.82) is 0 Å². The summed E-state index contributed by atoms with van der Waals surface area (Å²) in [5, 5.41) is 22.3. The number of nitrogens with two attached hydrogens (primary N) is 1. The molecular weight excluding hydrogens is 374 g/mol. The molecule has 1 aromatic rings. The van der Waals surface area contributed by atoms with Crippen LogP contribution in [0.2, 0.25) is 5.02 Å². The van der Waals surface area contributed by atoms with Crippen LogP contribution in [0, 0.1) is 5.92 Å². The number of hydrogen-bond acceptors (Lipinski definition) is 5. The number of likely N-dealkylation sites (tertiary alicyclic amines) is 1. The zero-order chi connectivity index (χ0) is 19.9. The monoisotopic (exact) mass is 397 g/mol. The zero-order valence-corrected chi connectivity index (χ0v) is 16.0. The van der Waals surface area contributed by atoms with Gasteiger partial charge >= 0.3 is 6.09 Å². The highest BCUT2D eigenvalue weighted by Crippen LogP contribution is 2.44. The van der Waals surface area contributed by atoms with E-state index in [1.807, 2.05) is 13.8 Å². The number of nitrogen functional groups attached to an aromatic ring is 1. The lowest BCUT2D eigenvalue weighted by atomic mass is 9.93. The molecule has 0 bridgehead atoms. The summed E-state index contributed by atoms with van der Waals surface area (Å²) < 4.78 is 5.91. The molecular formula is C18H24ClN3O5. The Morgan fingerprint density at radius 2 is 2.19 bits per heavy atom. The van der Waals surface area contributed by atoms with Gasteiger partial charge in [-0.05, 0) is 26.3 Å². The van der Waals surface area contributed by atoms with Gasteiger partial charge in [0, 0.05) is 31.0 Å².